The second kappa shape index (κ2) is 8.85. The number of nitrogens with zero attached hydrogens (tertiary/aromatic N) is 4. The zero-order chi connectivity index (χ0) is 20.1. The second-order valence-corrected chi connectivity index (χ2v) is 6.68. The standard InChI is InChI=1S/C19H28N8O/c1-3-4-7-23-18-17-15(24-19(22)25-18)11-27(26-17)10-13-6-5-12(14(21)9-20)8-16(13)28-2/h5-6,8,11,14H,3-4,7,9-10,20-21H2,1-2H3,(H3,22,23,24,25)/t14-/m0/s1. The quantitative estimate of drug-likeness (QED) is 0.408. The van der Waals surface area contributed by atoms with Crippen molar-refractivity contribution in [3.63, 3.8) is 0 Å². The minimum atomic E-state index is -0.217. The van der Waals surface area contributed by atoms with E-state index in [1.165, 1.54) is 0 Å². The maximum atomic E-state index is 6.02. The molecule has 0 spiro atoms. The molecule has 2 heterocycles. The summed E-state index contributed by atoms with van der Waals surface area (Å²) in [5, 5.41) is 7.95. The SMILES string of the molecule is CCCCNc1nc(N)nc2cn(Cc3ccc([C@@H](N)CN)cc3OC)nc12. The molecule has 1 aromatic carbocycles. The summed E-state index contributed by atoms with van der Waals surface area (Å²) < 4.78 is 7.35. The van der Waals surface area contributed by atoms with Gasteiger partial charge in [-0.05, 0) is 18.1 Å². The van der Waals surface area contributed by atoms with Gasteiger partial charge in [0.15, 0.2) is 11.3 Å². The van der Waals surface area contributed by atoms with Crippen molar-refractivity contribution >= 4 is 22.8 Å². The molecule has 9 nitrogen and oxygen atoms in total. The number of benzene rings is 1. The van der Waals surface area contributed by atoms with E-state index in [9.17, 15) is 0 Å². The van der Waals surface area contributed by atoms with Crippen LogP contribution in [0.25, 0.3) is 11.0 Å². The molecule has 0 unspecified atom stereocenters. The summed E-state index contributed by atoms with van der Waals surface area (Å²) in [4.78, 5) is 8.60. The fraction of sp³-hybridized carbons (Fsp3) is 0.421. The Morgan fingerprint density at radius 1 is 1.29 bits per heavy atom. The van der Waals surface area contributed by atoms with Gasteiger partial charge in [0.25, 0.3) is 0 Å². The third kappa shape index (κ3) is 4.32. The predicted octanol–water partition coefficient (Wildman–Crippen LogP) is 1.64. The molecule has 1 atom stereocenters. The number of nitrogen functional groups attached to an aromatic ring is 1. The molecule has 0 bridgehead atoms. The highest BCUT2D eigenvalue weighted by Gasteiger charge is 2.13. The smallest absolute Gasteiger partial charge is 0.222 e. The van der Waals surface area contributed by atoms with E-state index >= 15 is 0 Å². The first-order valence-corrected chi connectivity index (χ1v) is 9.42. The van der Waals surface area contributed by atoms with Gasteiger partial charge in [0, 0.05) is 24.7 Å². The van der Waals surface area contributed by atoms with Crippen LogP contribution in [0.5, 0.6) is 5.75 Å². The topological polar surface area (TPSA) is 143 Å². The Balaban J connectivity index is 1.89. The summed E-state index contributed by atoms with van der Waals surface area (Å²) in [6.07, 6.45) is 3.99. The lowest BCUT2D eigenvalue weighted by Gasteiger charge is -2.14. The number of hydrogen-bond acceptors (Lipinski definition) is 8. The lowest BCUT2D eigenvalue weighted by molar-refractivity contribution is 0.406. The third-order valence-electron chi connectivity index (χ3n) is 4.58. The molecule has 0 aliphatic rings. The first-order valence-electron chi connectivity index (χ1n) is 9.42. The van der Waals surface area contributed by atoms with Gasteiger partial charge in [0.1, 0.15) is 11.3 Å². The van der Waals surface area contributed by atoms with E-state index in [0.717, 1.165) is 36.3 Å². The van der Waals surface area contributed by atoms with E-state index in [4.69, 9.17) is 21.9 Å². The average molecular weight is 384 g/mol. The number of hydrogen-bond donors (Lipinski definition) is 4. The van der Waals surface area contributed by atoms with Crippen LogP contribution in [0.3, 0.4) is 0 Å². The van der Waals surface area contributed by atoms with E-state index in [1.54, 1.807) is 7.11 Å². The van der Waals surface area contributed by atoms with E-state index in [0.29, 0.717) is 29.9 Å². The second-order valence-electron chi connectivity index (χ2n) is 6.68. The van der Waals surface area contributed by atoms with Crippen LogP contribution in [-0.4, -0.2) is 39.9 Å². The van der Waals surface area contributed by atoms with Gasteiger partial charge in [-0.25, -0.2) is 4.98 Å². The Morgan fingerprint density at radius 2 is 2.11 bits per heavy atom. The van der Waals surface area contributed by atoms with E-state index in [1.807, 2.05) is 29.1 Å². The average Bonchev–Trinajstić information content (AvgIpc) is 3.10. The minimum Gasteiger partial charge on any atom is -0.496 e. The molecule has 0 radical (unpaired) electrons. The monoisotopic (exact) mass is 384 g/mol. The summed E-state index contributed by atoms with van der Waals surface area (Å²) in [6, 6.07) is 5.65. The van der Waals surface area contributed by atoms with Crippen LogP contribution in [0.2, 0.25) is 0 Å². The number of ether oxygens (including phenoxy) is 1. The van der Waals surface area contributed by atoms with Gasteiger partial charge < -0.3 is 27.3 Å². The summed E-state index contributed by atoms with van der Waals surface area (Å²) in [5.74, 6) is 1.63. The van der Waals surface area contributed by atoms with Gasteiger partial charge in [0.05, 0.1) is 19.9 Å². The molecule has 0 saturated carbocycles. The zero-order valence-electron chi connectivity index (χ0n) is 16.4. The summed E-state index contributed by atoms with van der Waals surface area (Å²) in [7, 11) is 1.64. The maximum Gasteiger partial charge on any atom is 0.222 e. The van der Waals surface area contributed by atoms with Gasteiger partial charge in [-0.1, -0.05) is 25.5 Å². The highest BCUT2D eigenvalue weighted by atomic mass is 16.5. The molecule has 150 valence electrons. The molecule has 28 heavy (non-hydrogen) atoms. The van der Waals surface area contributed by atoms with Crippen molar-refractivity contribution in [1.82, 2.24) is 19.7 Å². The highest BCUT2D eigenvalue weighted by Crippen LogP contribution is 2.25. The van der Waals surface area contributed by atoms with E-state index < -0.39 is 0 Å². The van der Waals surface area contributed by atoms with Crippen molar-refractivity contribution in [3.8, 4) is 5.75 Å². The minimum absolute atomic E-state index is 0.217. The number of nitrogens with two attached hydrogens (primary N) is 3. The molecular weight excluding hydrogens is 356 g/mol. The lowest BCUT2D eigenvalue weighted by atomic mass is 10.0. The molecule has 0 amide bonds. The predicted molar refractivity (Wildman–Crippen MR) is 111 cm³/mol. The number of fused-ring (bicyclic) bond motifs is 1. The number of rotatable bonds is 9. The van der Waals surface area contributed by atoms with Gasteiger partial charge >= 0.3 is 0 Å². The Kier molecular flexibility index (Phi) is 6.27. The Bertz CT molecular complexity index is 939. The number of methoxy groups -OCH3 is 1. The summed E-state index contributed by atoms with van der Waals surface area (Å²) in [5.41, 5.74) is 20.9. The third-order valence-corrected chi connectivity index (χ3v) is 4.58. The van der Waals surface area contributed by atoms with Crippen LogP contribution in [-0.2, 0) is 6.54 Å². The van der Waals surface area contributed by atoms with Gasteiger partial charge in [-0.3, -0.25) is 4.68 Å². The van der Waals surface area contributed by atoms with Crippen molar-refractivity contribution in [2.24, 2.45) is 11.5 Å². The number of anilines is 2. The molecule has 3 rings (SSSR count). The molecule has 0 aliphatic carbocycles. The fourth-order valence-electron chi connectivity index (χ4n) is 3.00. The molecule has 3 aromatic rings. The molecule has 0 saturated heterocycles. The first-order chi connectivity index (χ1) is 13.5. The van der Waals surface area contributed by atoms with Crippen molar-refractivity contribution in [1.29, 1.82) is 0 Å². The molecule has 0 fully saturated rings. The lowest BCUT2D eigenvalue weighted by Crippen LogP contribution is -2.20. The number of unbranched alkanes of at least 4 members (excludes halogenated alkanes) is 1. The Morgan fingerprint density at radius 3 is 2.82 bits per heavy atom. The summed E-state index contributed by atoms with van der Waals surface area (Å²) in [6.45, 7) is 3.85. The van der Waals surface area contributed by atoms with E-state index in [-0.39, 0.29) is 12.0 Å². The molecule has 0 aliphatic heterocycles. The van der Waals surface area contributed by atoms with Crippen LogP contribution in [0.15, 0.2) is 24.4 Å². The molecular formula is C19H28N8O. The Labute approximate surface area is 164 Å². The van der Waals surface area contributed by atoms with Crippen molar-refractivity contribution < 1.29 is 4.74 Å². The van der Waals surface area contributed by atoms with Gasteiger partial charge in [-0.2, -0.15) is 10.1 Å². The highest BCUT2D eigenvalue weighted by molar-refractivity contribution is 5.85. The molecule has 2 aromatic heterocycles. The van der Waals surface area contributed by atoms with Crippen molar-refractivity contribution in [2.75, 3.05) is 31.2 Å². The van der Waals surface area contributed by atoms with Crippen LogP contribution in [0, 0.1) is 0 Å². The van der Waals surface area contributed by atoms with E-state index in [2.05, 4.69) is 27.3 Å². The summed E-state index contributed by atoms with van der Waals surface area (Å²) >= 11 is 0. The van der Waals surface area contributed by atoms with Crippen LogP contribution in [0.1, 0.15) is 36.9 Å². The molecule has 7 N–H and O–H groups in total. The number of nitrogens with one attached hydrogen (secondary N) is 1. The fourth-order valence-corrected chi connectivity index (χ4v) is 3.00. The zero-order valence-corrected chi connectivity index (χ0v) is 16.4. The van der Waals surface area contributed by atoms with Gasteiger partial charge in [0.2, 0.25) is 5.95 Å². The van der Waals surface area contributed by atoms with Crippen molar-refractivity contribution in [3.05, 3.63) is 35.5 Å². The maximum absolute atomic E-state index is 6.02. The largest absolute Gasteiger partial charge is 0.496 e. The van der Waals surface area contributed by atoms with Crippen molar-refractivity contribution in [2.45, 2.75) is 32.4 Å². The van der Waals surface area contributed by atoms with Gasteiger partial charge in [-0.15, -0.1) is 0 Å². The molecule has 9 heteroatoms. The first kappa shape index (κ1) is 19.8. The normalized spacial score (nSPS) is 12.3. The van der Waals surface area contributed by atoms with Crippen LogP contribution in [0.4, 0.5) is 11.8 Å². The van der Waals surface area contributed by atoms with Crippen LogP contribution < -0.4 is 27.3 Å². The Hall–Kier alpha value is -2.91. The van der Waals surface area contributed by atoms with Crippen LogP contribution >= 0.6 is 0 Å². The number of aromatic nitrogens is 4.